The van der Waals surface area contributed by atoms with Crippen molar-refractivity contribution in [3.05, 3.63) is 65.5 Å². The van der Waals surface area contributed by atoms with Gasteiger partial charge in [-0.3, -0.25) is 9.78 Å². The van der Waals surface area contributed by atoms with Crippen LogP contribution in [0.3, 0.4) is 0 Å². The van der Waals surface area contributed by atoms with Crippen LogP contribution in [-0.4, -0.2) is 39.7 Å². The number of hydrogen-bond donors (Lipinski definition) is 3. The Morgan fingerprint density at radius 2 is 1.88 bits per heavy atom. The molecule has 7 nitrogen and oxygen atoms in total. The number of amides is 1. The molecule has 2 rings (SSSR count). The fourth-order valence-electron chi connectivity index (χ4n) is 2.08. The topological polar surface area (TPSA) is 109 Å². The maximum atomic E-state index is 11.6. The van der Waals surface area contributed by atoms with Crippen LogP contribution in [0.4, 0.5) is 4.79 Å². The van der Waals surface area contributed by atoms with Gasteiger partial charge in [0.2, 0.25) is 0 Å². The second-order valence-corrected chi connectivity index (χ2v) is 5.49. The summed E-state index contributed by atoms with van der Waals surface area (Å²) in [6.07, 6.45) is -1.87. The number of carbonyl (C=O) groups excluding carboxylic acids is 2. The van der Waals surface area contributed by atoms with Gasteiger partial charge < -0.3 is 20.3 Å². The second-order valence-electron chi connectivity index (χ2n) is 5.49. The fourth-order valence-corrected chi connectivity index (χ4v) is 2.08. The molecule has 0 aliphatic heterocycles. The maximum absolute atomic E-state index is 11.6. The van der Waals surface area contributed by atoms with Gasteiger partial charge in [0.05, 0.1) is 0 Å². The molecule has 2 unspecified atom stereocenters. The summed E-state index contributed by atoms with van der Waals surface area (Å²) in [5, 5.41) is 22.4. The van der Waals surface area contributed by atoms with E-state index in [1.165, 1.54) is 25.3 Å². The molecular formula is C18H20N2O5. The van der Waals surface area contributed by atoms with Gasteiger partial charge in [0, 0.05) is 25.2 Å². The minimum Gasteiger partial charge on any atom is -0.445 e. The summed E-state index contributed by atoms with van der Waals surface area (Å²) in [6, 6.07) is 12.1. The highest BCUT2D eigenvalue weighted by Crippen LogP contribution is 2.16. The number of aromatic nitrogens is 1. The minimum atomic E-state index is -1.25. The van der Waals surface area contributed by atoms with Crippen LogP contribution in [-0.2, 0) is 11.3 Å². The van der Waals surface area contributed by atoms with Crippen LogP contribution in [0.5, 0.6) is 0 Å². The molecule has 0 saturated heterocycles. The first-order chi connectivity index (χ1) is 12.0. The second kappa shape index (κ2) is 8.91. The van der Waals surface area contributed by atoms with E-state index in [-0.39, 0.29) is 24.6 Å². The SMILES string of the molecule is CC(=O)c1ccc(C(O)C(O)CNC(=O)OCc2ccccc2)cn1. The predicted molar refractivity (Wildman–Crippen MR) is 89.8 cm³/mol. The van der Waals surface area contributed by atoms with Crippen LogP contribution >= 0.6 is 0 Å². The van der Waals surface area contributed by atoms with E-state index in [2.05, 4.69) is 10.3 Å². The van der Waals surface area contributed by atoms with Crippen LogP contribution in [0.2, 0.25) is 0 Å². The molecule has 0 aliphatic rings. The summed E-state index contributed by atoms with van der Waals surface area (Å²) in [7, 11) is 0. The van der Waals surface area contributed by atoms with Crippen LogP contribution < -0.4 is 5.32 Å². The Morgan fingerprint density at radius 1 is 1.16 bits per heavy atom. The molecule has 0 fully saturated rings. The molecule has 132 valence electrons. The van der Waals surface area contributed by atoms with Crippen molar-refractivity contribution >= 4 is 11.9 Å². The number of pyridine rings is 1. The Kier molecular flexibility index (Phi) is 6.62. The first-order valence-corrected chi connectivity index (χ1v) is 7.75. The molecule has 1 aromatic carbocycles. The number of rotatable bonds is 7. The molecule has 7 heteroatoms. The van der Waals surface area contributed by atoms with Crippen molar-refractivity contribution in [1.29, 1.82) is 0 Å². The third-order valence-electron chi connectivity index (χ3n) is 3.52. The van der Waals surface area contributed by atoms with E-state index >= 15 is 0 Å². The average Bonchev–Trinajstić information content (AvgIpc) is 2.64. The number of aliphatic hydroxyl groups excluding tert-OH is 2. The smallest absolute Gasteiger partial charge is 0.407 e. The lowest BCUT2D eigenvalue weighted by Gasteiger charge is -2.18. The van der Waals surface area contributed by atoms with Crippen molar-refractivity contribution < 1.29 is 24.5 Å². The minimum absolute atomic E-state index is 0.113. The van der Waals surface area contributed by atoms with Gasteiger partial charge in [0.15, 0.2) is 5.78 Å². The van der Waals surface area contributed by atoms with E-state index in [9.17, 15) is 19.8 Å². The van der Waals surface area contributed by atoms with Gasteiger partial charge in [-0.25, -0.2) is 4.79 Å². The zero-order chi connectivity index (χ0) is 18.2. The summed E-state index contributed by atoms with van der Waals surface area (Å²) in [5.74, 6) is -0.190. The summed E-state index contributed by atoms with van der Waals surface area (Å²) in [5.41, 5.74) is 1.46. The molecule has 0 spiro atoms. The number of carbonyl (C=O) groups is 2. The van der Waals surface area contributed by atoms with Crippen LogP contribution in [0.25, 0.3) is 0 Å². The van der Waals surface area contributed by atoms with Gasteiger partial charge in [-0.1, -0.05) is 36.4 Å². The van der Waals surface area contributed by atoms with Gasteiger partial charge in [-0.15, -0.1) is 0 Å². The number of benzene rings is 1. The van der Waals surface area contributed by atoms with Crippen molar-refractivity contribution in [2.75, 3.05) is 6.54 Å². The fraction of sp³-hybridized carbons (Fsp3) is 0.278. The molecular weight excluding hydrogens is 324 g/mol. The monoisotopic (exact) mass is 344 g/mol. The Bertz CT molecular complexity index is 703. The molecule has 2 aromatic rings. The van der Waals surface area contributed by atoms with Crippen LogP contribution in [0, 0.1) is 0 Å². The van der Waals surface area contributed by atoms with Crippen molar-refractivity contribution in [1.82, 2.24) is 10.3 Å². The van der Waals surface area contributed by atoms with Gasteiger partial charge in [0.1, 0.15) is 24.5 Å². The third kappa shape index (κ3) is 5.66. The number of nitrogens with zero attached hydrogens (tertiary/aromatic N) is 1. The average molecular weight is 344 g/mol. The number of ether oxygens (including phenoxy) is 1. The molecule has 0 bridgehead atoms. The van der Waals surface area contributed by atoms with E-state index in [0.717, 1.165) is 5.56 Å². The molecule has 0 aliphatic carbocycles. The lowest BCUT2D eigenvalue weighted by atomic mass is 10.1. The molecule has 3 N–H and O–H groups in total. The quantitative estimate of drug-likeness (QED) is 0.659. The lowest BCUT2D eigenvalue weighted by molar-refractivity contribution is 0.0182. The van der Waals surface area contributed by atoms with E-state index in [1.807, 2.05) is 30.3 Å². The number of nitrogens with one attached hydrogen (secondary N) is 1. The number of alkyl carbamates (subject to hydrolysis) is 1. The Labute approximate surface area is 145 Å². The van der Waals surface area contributed by atoms with Gasteiger partial charge in [0.25, 0.3) is 0 Å². The van der Waals surface area contributed by atoms with E-state index in [1.54, 1.807) is 0 Å². The van der Waals surface area contributed by atoms with E-state index in [4.69, 9.17) is 4.74 Å². The van der Waals surface area contributed by atoms with E-state index in [0.29, 0.717) is 5.56 Å². The van der Waals surface area contributed by atoms with Crippen molar-refractivity contribution in [3.8, 4) is 0 Å². The highest BCUT2D eigenvalue weighted by molar-refractivity contribution is 5.91. The third-order valence-corrected chi connectivity index (χ3v) is 3.52. The van der Waals surface area contributed by atoms with E-state index < -0.39 is 18.3 Å². The number of hydrogen-bond acceptors (Lipinski definition) is 6. The molecule has 0 radical (unpaired) electrons. The normalized spacial score (nSPS) is 12.9. The van der Waals surface area contributed by atoms with Crippen LogP contribution in [0.15, 0.2) is 48.7 Å². The highest BCUT2D eigenvalue weighted by atomic mass is 16.5. The molecule has 25 heavy (non-hydrogen) atoms. The Hall–Kier alpha value is -2.77. The molecule has 0 saturated carbocycles. The van der Waals surface area contributed by atoms with Gasteiger partial charge >= 0.3 is 6.09 Å². The summed E-state index contributed by atoms with van der Waals surface area (Å²) < 4.78 is 5.01. The summed E-state index contributed by atoms with van der Waals surface area (Å²) in [4.78, 5) is 26.7. The lowest BCUT2D eigenvalue weighted by Crippen LogP contribution is -2.35. The summed E-state index contributed by atoms with van der Waals surface area (Å²) in [6.45, 7) is 1.31. The largest absolute Gasteiger partial charge is 0.445 e. The zero-order valence-corrected chi connectivity index (χ0v) is 13.8. The van der Waals surface area contributed by atoms with Crippen LogP contribution in [0.1, 0.15) is 34.6 Å². The Balaban J connectivity index is 1.79. The molecule has 1 aromatic heterocycles. The standard InChI is InChI=1S/C18H20N2O5/c1-12(21)15-8-7-14(9-19-15)17(23)16(22)10-20-18(24)25-11-13-5-3-2-4-6-13/h2-9,16-17,22-23H,10-11H2,1H3,(H,20,24). The number of aliphatic hydroxyl groups is 2. The van der Waals surface area contributed by atoms with Crippen molar-refractivity contribution in [2.45, 2.75) is 25.7 Å². The molecule has 2 atom stereocenters. The zero-order valence-electron chi connectivity index (χ0n) is 13.8. The summed E-state index contributed by atoms with van der Waals surface area (Å²) >= 11 is 0. The predicted octanol–water partition coefficient (Wildman–Crippen LogP) is 1.60. The van der Waals surface area contributed by atoms with Crippen molar-refractivity contribution in [3.63, 3.8) is 0 Å². The first kappa shape index (κ1) is 18.6. The van der Waals surface area contributed by atoms with Gasteiger partial charge in [-0.05, 0) is 11.6 Å². The highest BCUT2D eigenvalue weighted by Gasteiger charge is 2.20. The maximum Gasteiger partial charge on any atom is 0.407 e. The number of ketones is 1. The number of Topliss-reactive ketones (excluding diaryl/α,β-unsaturated/α-hetero) is 1. The molecule has 1 amide bonds. The Morgan fingerprint density at radius 3 is 2.48 bits per heavy atom. The van der Waals surface area contributed by atoms with Gasteiger partial charge in [-0.2, -0.15) is 0 Å². The van der Waals surface area contributed by atoms with Crippen molar-refractivity contribution in [2.24, 2.45) is 0 Å². The first-order valence-electron chi connectivity index (χ1n) is 7.75. The molecule has 1 heterocycles.